The molecular weight excluding hydrogens is 358 g/mol. The van der Waals surface area contributed by atoms with Gasteiger partial charge in [0.05, 0.1) is 5.75 Å². The van der Waals surface area contributed by atoms with Gasteiger partial charge in [0, 0.05) is 30.3 Å². The van der Waals surface area contributed by atoms with Crippen LogP contribution >= 0.6 is 27.7 Å². The molecule has 2 heterocycles. The lowest BCUT2D eigenvalue weighted by Crippen LogP contribution is -2.37. The summed E-state index contributed by atoms with van der Waals surface area (Å²) in [5.41, 5.74) is 0.567. The van der Waals surface area contributed by atoms with Crippen molar-refractivity contribution in [3.05, 3.63) is 22.4 Å². The number of aryl methyl sites for hydroxylation is 1. The normalized spacial score (nSPS) is 14.9. The minimum Gasteiger partial charge on any atom is -0.349 e. The summed E-state index contributed by atoms with van der Waals surface area (Å²) in [7, 11) is 0. The van der Waals surface area contributed by atoms with Crippen molar-refractivity contribution in [3.8, 4) is 0 Å². The lowest BCUT2D eigenvalue weighted by molar-refractivity contribution is -0.124. The Morgan fingerprint density at radius 3 is 2.81 bits per heavy atom. The first-order valence-corrected chi connectivity index (χ1v) is 8.41. The first kappa shape index (κ1) is 16.1. The monoisotopic (exact) mass is 373 g/mol. The quantitative estimate of drug-likeness (QED) is 0.828. The Hall–Kier alpha value is -1.28. The van der Waals surface area contributed by atoms with Gasteiger partial charge in [-0.1, -0.05) is 18.7 Å². The summed E-state index contributed by atoms with van der Waals surface area (Å²) in [5, 5.41) is 2.50. The molecule has 0 saturated carbocycles. The van der Waals surface area contributed by atoms with E-state index in [0.29, 0.717) is 5.69 Å². The largest absolute Gasteiger partial charge is 0.349 e. The summed E-state index contributed by atoms with van der Waals surface area (Å²) < 4.78 is 2.73. The molecule has 0 atom stereocenters. The van der Waals surface area contributed by atoms with Crippen LogP contribution in [-0.2, 0) is 11.3 Å². The average Bonchev–Trinajstić information content (AvgIpc) is 2.95. The lowest BCUT2D eigenvalue weighted by atomic mass is 10.3. The summed E-state index contributed by atoms with van der Waals surface area (Å²) in [6.07, 6.45) is 2.79. The fraction of sp³-hybridized carbons (Fsp3) is 0.462. The van der Waals surface area contributed by atoms with E-state index in [2.05, 4.69) is 21.2 Å². The summed E-state index contributed by atoms with van der Waals surface area (Å²) in [5.74, 6) is -0.212. The Bertz CT molecular complexity index is 557. The Morgan fingerprint density at radius 1 is 1.43 bits per heavy atom. The van der Waals surface area contributed by atoms with Crippen LogP contribution in [0.1, 0.15) is 23.8 Å². The molecule has 21 heavy (non-hydrogen) atoms. The highest BCUT2D eigenvalue weighted by atomic mass is 79.9. The van der Waals surface area contributed by atoms with Gasteiger partial charge in [-0.05, 0) is 28.4 Å². The van der Waals surface area contributed by atoms with Gasteiger partial charge in [-0.2, -0.15) is 0 Å². The predicted octanol–water partition coefficient (Wildman–Crippen LogP) is 2.09. The minimum atomic E-state index is -0.244. The number of halogens is 1. The van der Waals surface area contributed by atoms with Crippen LogP contribution in [0.3, 0.4) is 0 Å². The molecular formula is C13H16BrN3O3S. The fourth-order valence-corrected chi connectivity index (χ4v) is 3.28. The van der Waals surface area contributed by atoms with Gasteiger partial charge in [0.1, 0.15) is 5.69 Å². The molecule has 0 aliphatic carbocycles. The summed E-state index contributed by atoms with van der Waals surface area (Å²) >= 11 is 4.35. The molecule has 6 nitrogen and oxygen atoms in total. The number of imide groups is 1. The van der Waals surface area contributed by atoms with E-state index >= 15 is 0 Å². The van der Waals surface area contributed by atoms with E-state index in [4.69, 9.17) is 0 Å². The van der Waals surface area contributed by atoms with E-state index in [0.717, 1.165) is 29.2 Å². The van der Waals surface area contributed by atoms with E-state index in [9.17, 15) is 14.4 Å². The molecule has 0 radical (unpaired) electrons. The zero-order chi connectivity index (χ0) is 15.4. The maximum atomic E-state index is 12.1. The Morgan fingerprint density at radius 2 is 2.19 bits per heavy atom. The molecule has 1 aromatic heterocycles. The van der Waals surface area contributed by atoms with Gasteiger partial charge in [-0.15, -0.1) is 0 Å². The number of nitrogens with one attached hydrogen (secondary N) is 1. The van der Waals surface area contributed by atoms with Crippen molar-refractivity contribution >= 4 is 44.7 Å². The molecule has 1 fully saturated rings. The number of hydrogen-bond donors (Lipinski definition) is 1. The highest BCUT2D eigenvalue weighted by molar-refractivity contribution is 9.10. The topological polar surface area (TPSA) is 71.4 Å². The zero-order valence-electron chi connectivity index (χ0n) is 11.6. The second-order valence-electron chi connectivity index (χ2n) is 4.59. The SMILES string of the molecule is CCCn1cc(Br)cc1C(=O)NCCN1C(=O)CSC1=O. The van der Waals surface area contributed by atoms with Crippen LogP contribution in [0, 0.1) is 0 Å². The van der Waals surface area contributed by atoms with Crippen molar-refractivity contribution in [2.75, 3.05) is 18.8 Å². The second-order valence-corrected chi connectivity index (χ2v) is 6.44. The van der Waals surface area contributed by atoms with E-state index in [1.807, 2.05) is 17.7 Å². The molecule has 1 N–H and O–H groups in total. The summed E-state index contributed by atoms with van der Waals surface area (Å²) in [6.45, 7) is 3.27. The maximum absolute atomic E-state index is 12.1. The van der Waals surface area contributed by atoms with E-state index in [1.165, 1.54) is 4.90 Å². The smallest absolute Gasteiger partial charge is 0.288 e. The van der Waals surface area contributed by atoms with Crippen LogP contribution in [0.25, 0.3) is 0 Å². The van der Waals surface area contributed by atoms with Gasteiger partial charge in [0.2, 0.25) is 5.91 Å². The van der Waals surface area contributed by atoms with Gasteiger partial charge in [-0.25, -0.2) is 0 Å². The van der Waals surface area contributed by atoms with Crippen LogP contribution in [0.15, 0.2) is 16.7 Å². The van der Waals surface area contributed by atoms with Crippen molar-refractivity contribution in [3.63, 3.8) is 0 Å². The number of carbonyl (C=O) groups is 3. The van der Waals surface area contributed by atoms with Crippen LogP contribution in [0.2, 0.25) is 0 Å². The number of amides is 3. The third-order valence-electron chi connectivity index (χ3n) is 3.02. The molecule has 1 saturated heterocycles. The Labute approximate surface area is 135 Å². The van der Waals surface area contributed by atoms with E-state index < -0.39 is 0 Å². The summed E-state index contributed by atoms with van der Waals surface area (Å²) in [4.78, 5) is 36.2. The first-order chi connectivity index (χ1) is 10.0. The summed E-state index contributed by atoms with van der Waals surface area (Å²) in [6, 6.07) is 1.76. The standard InChI is InChI=1S/C13H16BrN3O3S/c1-2-4-16-7-9(14)6-10(16)12(19)15-3-5-17-11(18)8-21-13(17)20/h6-7H,2-5,8H2,1H3,(H,15,19). The average molecular weight is 374 g/mol. The Balaban J connectivity index is 1.90. The van der Waals surface area contributed by atoms with E-state index in [1.54, 1.807) is 6.07 Å². The number of aromatic nitrogens is 1. The van der Waals surface area contributed by atoms with Crippen LogP contribution in [0.4, 0.5) is 4.79 Å². The van der Waals surface area contributed by atoms with Gasteiger partial charge < -0.3 is 9.88 Å². The highest BCUT2D eigenvalue weighted by Crippen LogP contribution is 2.18. The molecule has 0 aromatic carbocycles. The number of nitrogens with zero attached hydrogens (tertiary/aromatic N) is 2. The molecule has 0 spiro atoms. The van der Waals surface area contributed by atoms with Crippen LogP contribution in [0.5, 0.6) is 0 Å². The molecule has 1 aromatic rings. The van der Waals surface area contributed by atoms with Gasteiger partial charge >= 0.3 is 0 Å². The third kappa shape index (κ3) is 3.88. The number of thioether (sulfide) groups is 1. The van der Waals surface area contributed by atoms with Gasteiger partial charge in [0.25, 0.3) is 11.1 Å². The van der Waals surface area contributed by atoms with Crippen molar-refractivity contribution in [1.82, 2.24) is 14.8 Å². The molecule has 3 amide bonds. The van der Waals surface area contributed by atoms with Gasteiger partial charge in [0.15, 0.2) is 0 Å². The first-order valence-electron chi connectivity index (χ1n) is 6.64. The number of carbonyl (C=O) groups excluding carboxylic acids is 3. The molecule has 0 unspecified atom stereocenters. The lowest BCUT2D eigenvalue weighted by Gasteiger charge is -2.13. The molecule has 114 valence electrons. The van der Waals surface area contributed by atoms with Crippen LogP contribution in [-0.4, -0.2) is 45.4 Å². The predicted molar refractivity (Wildman–Crippen MR) is 84.3 cm³/mol. The second kappa shape index (κ2) is 7.13. The molecule has 0 bridgehead atoms. The van der Waals surface area contributed by atoms with Crippen molar-refractivity contribution in [2.24, 2.45) is 0 Å². The van der Waals surface area contributed by atoms with E-state index in [-0.39, 0.29) is 35.9 Å². The van der Waals surface area contributed by atoms with Crippen molar-refractivity contribution < 1.29 is 14.4 Å². The van der Waals surface area contributed by atoms with Crippen molar-refractivity contribution in [1.29, 1.82) is 0 Å². The third-order valence-corrected chi connectivity index (χ3v) is 4.31. The Kier molecular flexibility index (Phi) is 5.46. The van der Waals surface area contributed by atoms with Gasteiger partial charge in [-0.3, -0.25) is 19.3 Å². The van der Waals surface area contributed by atoms with Crippen molar-refractivity contribution in [2.45, 2.75) is 19.9 Å². The van der Waals surface area contributed by atoms with Crippen LogP contribution < -0.4 is 5.32 Å². The molecule has 2 rings (SSSR count). The molecule has 8 heteroatoms. The highest BCUT2D eigenvalue weighted by Gasteiger charge is 2.29. The maximum Gasteiger partial charge on any atom is 0.288 e. The number of hydrogen-bond acceptors (Lipinski definition) is 4. The number of rotatable bonds is 6. The fourth-order valence-electron chi connectivity index (χ4n) is 2.06. The molecule has 1 aliphatic heterocycles. The molecule has 1 aliphatic rings. The minimum absolute atomic E-state index is 0.194. The zero-order valence-corrected chi connectivity index (χ0v) is 14.0.